The van der Waals surface area contributed by atoms with Crippen molar-refractivity contribution in [2.45, 2.75) is 38.7 Å². The van der Waals surface area contributed by atoms with E-state index in [1.165, 1.54) is 12.8 Å². The second-order valence-corrected chi connectivity index (χ2v) is 8.48. The minimum Gasteiger partial charge on any atom is -0.474 e. The van der Waals surface area contributed by atoms with Crippen LogP contribution >= 0.6 is 0 Å². The van der Waals surface area contributed by atoms with E-state index in [1.54, 1.807) is 11.0 Å². The van der Waals surface area contributed by atoms with Gasteiger partial charge in [-0.15, -0.1) is 0 Å². The Morgan fingerprint density at radius 1 is 1.06 bits per heavy atom. The maximum atomic E-state index is 12.9. The van der Waals surface area contributed by atoms with Crippen LogP contribution in [0.1, 0.15) is 41.9 Å². The number of carbonyl (C=O) groups excluding carboxylic acids is 1. The van der Waals surface area contributed by atoms with E-state index in [2.05, 4.69) is 32.1 Å². The monoisotopic (exact) mass is 420 g/mol. The molecule has 5 rings (SSSR count). The minimum atomic E-state index is 0.0434. The normalized spacial score (nSPS) is 17.5. The van der Waals surface area contributed by atoms with Crippen molar-refractivity contribution in [1.29, 1.82) is 0 Å². The fourth-order valence-corrected chi connectivity index (χ4v) is 4.62. The van der Waals surface area contributed by atoms with E-state index >= 15 is 0 Å². The van der Waals surface area contributed by atoms with Crippen LogP contribution in [0.25, 0.3) is 10.9 Å². The fourth-order valence-electron chi connectivity index (χ4n) is 4.62. The molecular weight excluding hydrogens is 392 g/mol. The Bertz CT molecular complexity index is 1100. The highest BCUT2D eigenvalue weighted by Gasteiger charge is 2.25. The fraction of sp³-hybridized carbons (Fsp3) is 0.478. The Hall–Kier alpha value is -3.16. The molecule has 1 saturated carbocycles. The first-order valence-electron chi connectivity index (χ1n) is 11.0. The third-order valence-electron chi connectivity index (χ3n) is 6.32. The second kappa shape index (κ2) is 8.17. The van der Waals surface area contributed by atoms with Gasteiger partial charge >= 0.3 is 0 Å². The van der Waals surface area contributed by atoms with Gasteiger partial charge in [0.05, 0.1) is 16.6 Å². The lowest BCUT2D eigenvalue weighted by Gasteiger charge is -2.36. The van der Waals surface area contributed by atoms with Gasteiger partial charge in [-0.25, -0.2) is 9.97 Å². The molecule has 3 heterocycles. The lowest BCUT2D eigenvalue weighted by atomic mass is 10.1. The van der Waals surface area contributed by atoms with E-state index in [9.17, 15) is 4.79 Å². The van der Waals surface area contributed by atoms with Crippen molar-refractivity contribution >= 4 is 22.5 Å². The van der Waals surface area contributed by atoms with E-state index in [1.807, 2.05) is 31.0 Å². The predicted octanol–water partition coefficient (Wildman–Crippen LogP) is 2.96. The van der Waals surface area contributed by atoms with Crippen molar-refractivity contribution in [1.82, 2.24) is 24.6 Å². The van der Waals surface area contributed by atoms with Crippen LogP contribution in [-0.2, 0) is 7.05 Å². The van der Waals surface area contributed by atoms with Crippen molar-refractivity contribution in [3.63, 3.8) is 0 Å². The highest BCUT2D eigenvalue weighted by atomic mass is 16.5. The molecule has 0 N–H and O–H groups in total. The van der Waals surface area contributed by atoms with Gasteiger partial charge in [0.1, 0.15) is 18.1 Å². The lowest BCUT2D eigenvalue weighted by molar-refractivity contribution is 0.0735. The molecule has 8 heteroatoms. The topological polar surface area (TPSA) is 76.4 Å². The van der Waals surface area contributed by atoms with Gasteiger partial charge in [0, 0.05) is 38.9 Å². The molecule has 0 atom stereocenters. The number of anilines is 1. The first-order valence-corrected chi connectivity index (χ1v) is 11.0. The van der Waals surface area contributed by atoms with Crippen LogP contribution in [0.5, 0.6) is 5.88 Å². The summed E-state index contributed by atoms with van der Waals surface area (Å²) in [5, 5.41) is 5.25. The molecule has 0 unspecified atom stereocenters. The van der Waals surface area contributed by atoms with Crippen LogP contribution in [0.3, 0.4) is 0 Å². The van der Waals surface area contributed by atoms with E-state index in [4.69, 9.17) is 4.74 Å². The summed E-state index contributed by atoms with van der Waals surface area (Å²) >= 11 is 0. The predicted molar refractivity (Wildman–Crippen MR) is 118 cm³/mol. The van der Waals surface area contributed by atoms with Gasteiger partial charge in [0.25, 0.3) is 5.91 Å². The number of carbonyl (C=O) groups is 1. The first kappa shape index (κ1) is 19.8. The highest BCUT2D eigenvalue weighted by Crippen LogP contribution is 2.30. The maximum absolute atomic E-state index is 12.9. The zero-order valence-electron chi connectivity index (χ0n) is 18.1. The number of benzene rings is 1. The van der Waals surface area contributed by atoms with Crippen LogP contribution in [-0.4, -0.2) is 62.8 Å². The molecule has 2 aliphatic rings. The van der Waals surface area contributed by atoms with E-state index in [-0.39, 0.29) is 12.0 Å². The van der Waals surface area contributed by atoms with Crippen molar-refractivity contribution in [3.05, 3.63) is 42.0 Å². The molecule has 8 nitrogen and oxygen atoms in total. The Morgan fingerprint density at radius 3 is 2.55 bits per heavy atom. The van der Waals surface area contributed by atoms with Gasteiger partial charge in [-0.1, -0.05) is 0 Å². The van der Waals surface area contributed by atoms with E-state index in [0.29, 0.717) is 24.7 Å². The summed E-state index contributed by atoms with van der Waals surface area (Å²) in [6.07, 6.45) is 6.47. The van der Waals surface area contributed by atoms with Crippen LogP contribution in [0.15, 0.2) is 30.6 Å². The van der Waals surface area contributed by atoms with Gasteiger partial charge in [0.15, 0.2) is 0 Å². The molecule has 0 spiro atoms. The Kier molecular flexibility index (Phi) is 5.21. The molecule has 0 bridgehead atoms. The number of rotatable bonds is 4. The summed E-state index contributed by atoms with van der Waals surface area (Å²) in [6, 6.07) is 8.10. The largest absolute Gasteiger partial charge is 0.474 e. The van der Waals surface area contributed by atoms with Crippen LogP contribution in [0.2, 0.25) is 0 Å². The molecule has 0 radical (unpaired) electrons. The molecule has 2 aromatic heterocycles. The Balaban J connectivity index is 1.31. The summed E-state index contributed by atoms with van der Waals surface area (Å²) in [5.74, 6) is 0.723. The number of piperazine rings is 1. The van der Waals surface area contributed by atoms with Gasteiger partial charge in [-0.2, -0.15) is 5.10 Å². The first-order chi connectivity index (χ1) is 15.1. The number of fused-ring (bicyclic) bond motifs is 1. The van der Waals surface area contributed by atoms with Crippen molar-refractivity contribution < 1.29 is 9.53 Å². The van der Waals surface area contributed by atoms with Crippen molar-refractivity contribution in [2.24, 2.45) is 7.05 Å². The standard InChI is InChI=1S/C23H28N6O2/c1-16-13-21(27(2)26-16)23(30)29-11-9-28(10-12-29)17-7-8-20-19(14-17)22(25-15-24-20)31-18-5-3-4-6-18/h7-8,13-15,18H,3-6,9-12H2,1-2H3. The molecule has 1 aromatic carbocycles. The maximum Gasteiger partial charge on any atom is 0.272 e. The molecular formula is C23H28N6O2. The summed E-state index contributed by atoms with van der Waals surface area (Å²) in [7, 11) is 1.82. The van der Waals surface area contributed by atoms with Crippen LogP contribution in [0.4, 0.5) is 5.69 Å². The number of amides is 1. The molecule has 3 aromatic rings. The molecule has 1 amide bonds. The summed E-state index contributed by atoms with van der Waals surface area (Å²) < 4.78 is 7.88. The zero-order valence-corrected chi connectivity index (χ0v) is 18.1. The van der Waals surface area contributed by atoms with E-state index in [0.717, 1.165) is 48.2 Å². The number of nitrogens with zero attached hydrogens (tertiary/aromatic N) is 6. The third kappa shape index (κ3) is 3.94. The molecule has 2 fully saturated rings. The average Bonchev–Trinajstić information content (AvgIpc) is 3.42. The summed E-state index contributed by atoms with van der Waals surface area (Å²) in [4.78, 5) is 25.9. The SMILES string of the molecule is Cc1cc(C(=O)N2CCN(c3ccc4ncnc(OC5CCCC5)c4c3)CC2)n(C)n1. The molecule has 1 aliphatic carbocycles. The number of hydrogen-bond acceptors (Lipinski definition) is 6. The van der Waals surface area contributed by atoms with Gasteiger partial charge in [0.2, 0.25) is 5.88 Å². The molecule has 1 aliphatic heterocycles. The summed E-state index contributed by atoms with van der Waals surface area (Å²) in [5.41, 5.74) is 3.51. The van der Waals surface area contributed by atoms with Crippen molar-refractivity contribution in [3.8, 4) is 5.88 Å². The quantitative estimate of drug-likeness (QED) is 0.646. The zero-order chi connectivity index (χ0) is 21.4. The Morgan fingerprint density at radius 2 is 1.84 bits per heavy atom. The second-order valence-electron chi connectivity index (χ2n) is 8.48. The number of hydrogen-bond donors (Lipinski definition) is 0. The third-order valence-corrected chi connectivity index (χ3v) is 6.32. The number of aromatic nitrogens is 4. The van der Waals surface area contributed by atoms with Gasteiger partial charge in [-0.3, -0.25) is 9.48 Å². The highest BCUT2D eigenvalue weighted by molar-refractivity contribution is 5.93. The van der Waals surface area contributed by atoms with E-state index < -0.39 is 0 Å². The molecule has 1 saturated heterocycles. The molecule has 31 heavy (non-hydrogen) atoms. The summed E-state index contributed by atoms with van der Waals surface area (Å²) in [6.45, 7) is 4.82. The van der Waals surface area contributed by atoms with Crippen molar-refractivity contribution in [2.75, 3.05) is 31.1 Å². The smallest absolute Gasteiger partial charge is 0.272 e. The lowest BCUT2D eigenvalue weighted by Crippen LogP contribution is -2.49. The van der Waals surface area contributed by atoms with Crippen LogP contribution < -0.4 is 9.64 Å². The average molecular weight is 421 g/mol. The minimum absolute atomic E-state index is 0.0434. The number of aryl methyl sites for hydroxylation is 2. The van der Waals surface area contributed by atoms with Crippen LogP contribution in [0, 0.1) is 6.92 Å². The Labute approximate surface area is 181 Å². The van der Waals surface area contributed by atoms with Gasteiger partial charge < -0.3 is 14.5 Å². The van der Waals surface area contributed by atoms with Gasteiger partial charge in [-0.05, 0) is 56.9 Å². The number of ether oxygens (including phenoxy) is 1. The molecule has 162 valence electrons.